The van der Waals surface area contributed by atoms with Crippen molar-refractivity contribution in [3.8, 4) is 0 Å². The Kier molecular flexibility index (Phi) is 4.91. The quantitative estimate of drug-likeness (QED) is 0.860. The van der Waals surface area contributed by atoms with E-state index in [0.717, 1.165) is 12.0 Å². The van der Waals surface area contributed by atoms with E-state index in [2.05, 4.69) is 26.1 Å². The SMILES string of the molecule is Cc1cccc(C(=O)NCC(N)CC(C)(C)C)c1. The van der Waals surface area contributed by atoms with Crippen molar-refractivity contribution in [3.05, 3.63) is 35.4 Å². The van der Waals surface area contributed by atoms with Gasteiger partial charge in [-0.25, -0.2) is 0 Å². The zero-order valence-electron chi connectivity index (χ0n) is 11.8. The Morgan fingerprint density at radius 2 is 2.06 bits per heavy atom. The molecule has 0 aliphatic carbocycles. The van der Waals surface area contributed by atoms with Crippen LogP contribution in [0.3, 0.4) is 0 Å². The maximum atomic E-state index is 11.9. The van der Waals surface area contributed by atoms with E-state index in [1.807, 2.05) is 31.2 Å². The van der Waals surface area contributed by atoms with Crippen LogP contribution in [0.15, 0.2) is 24.3 Å². The lowest BCUT2D eigenvalue weighted by molar-refractivity contribution is 0.0948. The van der Waals surface area contributed by atoms with Gasteiger partial charge in [-0.05, 0) is 30.9 Å². The molecule has 0 aromatic heterocycles. The number of hydrogen-bond acceptors (Lipinski definition) is 2. The second-order valence-electron chi connectivity index (χ2n) is 6.10. The molecule has 0 heterocycles. The average molecular weight is 248 g/mol. The first-order valence-corrected chi connectivity index (χ1v) is 6.38. The smallest absolute Gasteiger partial charge is 0.251 e. The molecule has 1 rings (SSSR count). The van der Waals surface area contributed by atoms with E-state index < -0.39 is 0 Å². The zero-order valence-corrected chi connectivity index (χ0v) is 11.8. The Bertz CT molecular complexity index is 407. The first-order valence-electron chi connectivity index (χ1n) is 6.38. The second-order valence-corrected chi connectivity index (χ2v) is 6.10. The third kappa shape index (κ3) is 5.32. The van der Waals surface area contributed by atoms with E-state index in [1.165, 1.54) is 0 Å². The maximum absolute atomic E-state index is 11.9. The Labute approximate surface area is 110 Å². The molecule has 0 aliphatic heterocycles. The zero-order chi connectivity index (χ0) is 13.8. The molecule has 1 aromatic rings. The van der Waals surface area contributed by atoms with E-state index in [0.29, 0.717) is 12.1 Å². The molecule has 0 aliphatic rings. The van der Waals surface area contributed by atoms with Gasteiger partial charge in [0.05, 0.1) is 0 Å². The predicted molar refractivity (Wildman–Crippen MR) is 75.6 cm³/mol. The van der Waals surface area contributed by atoms with Gasteiger partial charge in [0, 0.05) is 18.2 Å². The summed E-state index contributed by atoms with van der Waals surface area (Å²) in [4.78, 5) is 11.9. The van der Waals surface area contributed by atoms with Crippen molar-refractivity contribution >= 4 is 5.91 Å². The standard InChI is InChI=1S/C15H24N2O/c1-11-6-5-7-12(8-11)14(18)17-10-13(16)9-15(2,3)4/h5-8,13H,9-10,16H2,1-4H3,(H,17,18). The van der Waals surface area contributed by atoms with Crippen LogP contribution in [0.4, 0.5) is 0 Å². The molecule has 100 valence electrons. The van der Waals surface area contributed by atoms with Gasteiger partial charge in [-0.2, -0.15) is 0 Å². The van der Waals surface area contributed by atoms with Crippen LogP contribution in [0, 0.1) is 12.3 Å². The summed E-state index contributed by atoms with van der Waals surface area (Å²) >= 11 is 0. The first kappa shape index (κ1) is 14.7. The molecule has 18 heavy (non-hydrogen) atoms. The summed E-state index contributed by atoms with van der Waals surface area (Å²) < 4.78 is 0. The van der Waals surface area contributed by atoms with Crippen molar-refractivity contribution in [3.63, 3.8) is 0 Å². The Balaban J connectivity index is 2.47. The summed E-state index contributed by atoms with van der Waals surface area (Å²) in [5.74, 6) is -0.0527. The molecule has 1 atom stereocenters. The van der Waals surface area contributed by atoms with Gasteiger partial charge >= 0.3 is 0 Å². The van der Waals surface area contributed by atoms with Gasteiger partial charge in [0.15, 0.2) is 0 Å². The molecule has 3 heteroatoms. The van der Waals surface area contributed by atoms with Crippen LogP contribution in [-0.4, -0.2) is 18.5 Å². The van der Waals surface area contributed by atoms with Crippen molar-refractivity contribution in [1.82, 2.24) is 5.32 Å². The Hall–Kier alpha value is -1.35. The fourth-order valence-electron chi connectivity index (χ4n) is 1.97. The average Bonchev–Trinajstić information content (AvgIpc) is 2.23. The molecule has 1 amide bonds. The number of carbonyl (C=O) groups is 1. The lowest BCUT2D eigenvalue weighted by Gasteiger charge is -2.23. The summed E-state index contributed by atoms with van der Waals surface area (Å²) in [5.41, 5.74) is 7.97. The fourth-order valence-corrected chi connectivity index (χ4v) is 1.97. The van der Waals surface area contributed by atoms with Crippen molar-refractivity contribution in [2.24, 2.45) is 11.1 Å². The van der Waals surface area contributed by atoms with Gasteiger partial charge in [-0.3, -0.25) is 4.79 Å². The minimum Gasteiger partial charge on any atom is -0.350 e. The van der Waals surface area contributed by atoms with Crippen LogP contribution in [0.25, 0.3) is 0 Å². The van der Waals surface area contributed by atoms with Gasteiger partial charge < -0.3 is 11.1 Å². The minimum absolute atomic E-state index is 0.00115. The normalized spacial score (nSPS) is 13.2. The molecule has 0 radical (unpaired) electrons. The van der Waals surface area contributed by atoms with Crippen molar-refractivity contribution in [2.45, 2.75) is 40.2 Å². The maximum Gasteiger partial charge on any atom is 0.251 e. The predicted octanol–water partition coefficient (Wildman–Crippen LogP) is 2.49. The van der Waals surface area contributed by atoms with Gasteiger partial charge in [0.2, 0.25) is 0 Å². The summed E-state index contributed by atoms with van der Waals surface area (Å²) in [6.07, 6.45) is 0.890. The fraction of sp³-hybridized carbons (Fsp3) is 0.533. The monoisotopic (exact) mass is 248 g/mol. The van der Waals surface area contributed by atoms with Gasteiger partial charge in [-0.1, -0.05) is 38.5 Å². The molecular formula is C15H24N2O. The lowest BCUT2D eigenvalue weighted by Crippen LogP contribution is -2.39. The molecule has 1 aromatic carbocycles. The van der Waals surface area contributed by atoms with Gasteiger partial charge in [0.1, 0.15) is 0 Å². The molecular weight excluding hydrogens is 224 g/mol. The molecule has 0 saturated carbocycles. The second kappa shape index (κ2) is 6.01. The molecule has 0 spiro atoms. The highest BCUT2D eigenvalue weighted by molar-refractivity contribution is 5.94. The minimum atomic E-state index is -0.0527. The number of carbonyl (C=O) groups excluding carboxylic acids is 1. The van der Waals surface area contributed by atoms with Crippen molar-refractivity contribution < 1.29 is 4.79 Å². The number of rotatable bonds is 4. The molecule has 3 N–H and O–H groups in total. The number of nitrogens with two attached hydrogens (primary N) is 1. The molecule has 0 bridgehead atoms. The van der Waals surface area contributed by atoms with Crippen molar-refractivity contribution in [2.75, 3.05) is 6.54 Å². The van der Waals surface area contributed by atoms with Crippen LogP contribution in [0.2, 0.25) is 0 Å². The summed E-state index contributed by atoms with van der Waals surface area (Å²) in [7, 11) is 0. The number of aryl methyl sites for hydroxylation is 1. The van der Waals surface area contributed by atoms with E-state index in [1.54, 1.807) is 0 Å². The van der Waals surface area contributed by atoms with Crippen molar-refractivity contribution in [1.29, 1.82) is 0 Å². The summed E-state index contributed by atoms with van der Waals surface area (Å²) in [6, 6.07) is 7.56. The van der Waals surface area contributed by atoms with Crippen LogP contribution >= 0.6 is 0 Å². The third-order valence-electron chi connectivity index (χ3n) is 2.68. The van der Waals surface area contributed by atoms with Crippen LogP contribution in [0.1, 0.15) is 43.1 Å². The van der Waals surface area contributed by atoms with Gasteiger partial charge in [-0.15, -0.1) is 0 Å². The molecule has 0 saturated heterocycles. The number of nitrogens with one attached hydrogen (secondary N) is 1. The number of benzene rings is 1. The Morgan fingerprint density at radius 3 is 2.61 bits per heavy atom. The van der Waals surface area contributed by atoms with Crippen LogP contribution in [0.5, 0.6) is 0 Å². The van der Waals surface area contributed by atoms with Crippen LogP contribution < -0.4 is 11.1 Å². The van der Waals surface area contributed by atoms with E-state index in [-0.39, 0.29) is 17.4 Å². The summed E-state index contributed by atoms with van der Waals surface area (Å²) in [6.45, 7) is 8.94. The van der Waals surface area contributed by atoms with Crippen LogP contribution in [-0.2, 0) is 0 Å². The highest BCUT2D eigenvalue weighted by atomic mass is 16.1. The molecule has 1 unspecified atom stereocenters. The molecule has 3 nitrogen and oxygen atoms in total. The molecule has 0 fully saturated rings. The van der Waals surface area contributed by atoms with Gasteiger partial charge in [0.25, 0.3) is 5.91 Å². The largest absolute Gasteiger partial charge is 0.350 e. The Morgan fingerprint density at radius 1 is 1.39 bits per heavy atom. The number of hydrogen-bond donors (Lipinski definition) is 2. The highest BCUT2D eigenvalue weighted by Crippen LogP contribution is 2.19. The third-order valence-corrected chi connectivity index (χ3v) is 2.68. The summed E-state index contributed by atoms with van der Waals surface area (Å²) in [5, 5.41) is 2.88. The lowest BCUT2D eigenvalue weighted by atomic mass is 9.88. The van der Waals surface area contributed by atoms with E-state index in [9.17, 15) is 4.79 Å². The highest BCUT2D eigenvalue weighted by Gasteiger charge is 2.16. The van der Waals surface area contributed by atoms with E-state index in [4.69, 9.17) is 5.73 Å². The topological polar surface area (TPSA) is 55.1 Å². The first-order chi connectivity index (χ1) is 8.28. The number of amides is 1. The van der Waals surface area contributed by atoms with E-state index >= 15 is 0 Å².